The lowest BCUT2D eigenvalue weighted by Gasteiger charge is -2.11. The maximum atomic E-state index is 12.4. The first-order valence-electron chi connectivity index (χ1n) is 6.06. The molecule has 3 rings (SSSR count). The summed E-state index contributed by atoms with van der Waals surface area (Å²) in [6, 6.07) is 11.4. The number of hydrogen-bond acceptors (Lipinski definition) is 5. The molecule has 2 aromatic heterocycles. The average molecular weight is 267 g/mol. The summed E-state index contributed by atoms with van der Waals surface area (Å²) in [7, 11) is 1.69. The van der Waals surface area contributed by atoms with Gasteiger partial charge < -0.3 is 16.0 Å². The third-order valence-electron chi connectivity index (χ3n) is 3.21. The summed E-state index contributed by atoms with van der Waals surface area (Å²) < 4.78 is 1.54. The number of rotatable bonds is 1. The van der Waals surface area contributed by atoms with Crippen LogP contribution in [0.4, 0.5) is 11.8 Å². The first kappa shape index (κ1) is 12.2. The number of nitrogens with zero attached hydrogens (tertiary/aromatic N) is 3. The second-order valence-electron chi connectivity index (χ2n) is 4.49. The van der Waals surface area contributed by atoms with Crippen LogP contribution in [0.2, 0.25) is 0 Å². The Balaban J connectivity index is 2.42. The van der Waals surface area contributed by atoms with E-state index in [-0.39, 0.29) is 17.3 Å². The highest BCUT2D eigenvalue weighted by atomic mass is 16.1. The van der Waals surface area contributed by atoms with Crippen molar-refractivity contribution >= 4 is 22.7 Å². The summed E-state index contributed by atoms with van der Waals surface area (Å²) in [5.41, 5.74) is 13.3. The van der Waals surface area contributed by atoms with Crippen LogP contribution in [0.25, 0.3) is 22.2 Å². The smallest absolute Gasteiger partial charge is 0.263 e. The van der Waals surface area contributed by atoms with Crippen LogP contribution >= 0.6 is 0 Å². The number of anilines is 2. The van der Waals surface area contributed by atoms with E-state index in [1.54, 1.807) is 13.1 Å². The second-order valence-corrected chi connectivity index (χ2v) is 4.49. The highest BCUT2D eigenvalue weighted by molar-refractivity contribution is 5.90. The molecule has 0 fully saturated rings. The molecule has 0 saturated heterocycles. The lowest BCUT2D eigenvalue weighted by Crippen LogP contribution is -2.21. The number of nitrogens with two attached hydrogens (primary N) is 2. The van der Waals surface area contributed by atoms with E-state index < -0.39 is 0 Å². The number of nitrogen functional groups attached to an aromatic ring is 2. The lowest BCUT2D eigenvalue weighted by atomic mass is 10.1. The SMILES string of the molecule is Cn1c(-c2ccccc2)cc2nc(N)nc(N)c2c1=O. The zero-order valence-electron chi connectivity index (χ0n) is 10.9. The Morgan fingerprint density at radius 2 is 1.80 bits per heavy atom. The van der Waals surface area contributed by atoms with E-state index >= 15 is 0 Å². The normalized spacial score (nSPS) is 10.8. The van der Waals surface area contributed by atoms with Crippen LogP contribution in [0.1, 0.15) is 0 Å². The van der Waals surface area contributed by atoms with Crippen molar-refractivity contribution in [2.45, 2.75) is 0 Å². The third kappa shape index (κ3) is 1.78. The van der Waals surface area contributed by atoms with Crippen LogP contribution in [-0.2, 0) is 7.05 Å². The topological polar surface area (TPSA) is 99.8 Å². The average Bonchev–Trinajstić information content (AvgIpc) is 2.43. The molecule has 3 aromatic rings. The molecule has 6 heteroatoms. The van der Waals surface area contributed by atoms with Crippen molar-refractivity contribution in [2.24, 2.45) is 7.05 Å². The van der Waals surface area contributed by atoms with Crippen molar-refractivity contribution < 1.29 is 0 Å². The quantitative estimate of drug-likeness (QED) is 0.689. The zero-order valence-corrected chi connectivity index (χ0v) is 10.9. The molecule has 2 heterocycles. The van der Waals surface area contributed by atoms with Crippen LogP contribution < -0.4 is 17.0 Å². The summed E-state index contributed by atoms with van der Waals surface area (Å²) in [6.45, 7) is 0. The Bertz CT molecular complexity index is 855. The fourth-order valence-corrected chi connectivity index (χ4v) is 2.23. The van der Waals surface area contributed by atoms with Crippen LogP contribution in [0, 0.1) is 0 Å². The van der Waals surface area contributed by atoms with Crippen molar-refractivity contribution in [1.82, 2.24) is 14.5 Å². The highest BCUT2D eigenvalue weighted by Crippen LogP contribution is 2.22. The van der Waals surface area contributed by atoms with E-state index in [4.69, 9.17) is 11.5 Å². The van der Waals surface area contributed by atoms with Crippen LogP contribution in [0.15, 0.2) is 41.2 Å². The van der Waals surface area contributed by atoms with E-state index in [0.717, 1.165) is 11.3 Å². The van der Waals surface area contributed by atoms with Gasteiger partial charge in [0.1, 0.15) is 11.2 Å². The van der Waals surface area contributed by atoms with Gasteiger partial charge in [-0.05, 0) is 11.6 Å². The molecule has 0 radical (unpaired) electrons. The molecule has 0 amide bonds. The first-order chi connectivity index (χ1) is 9.58. The summed E-state index contributed by atoms with van der Waals surface area (Å²) in [5, 5.41) is 0.293. The molecule has 1 aromatic carbocycles. The van der Waals surface area contributed by atoms with E-state index in [1.807, 2.05) is 30.3 Å². The first-order valence-corrected chi connectivity index (χ1v) is 6.06. The predicted octanol–water partition coefficient (Wildman–Crippen LogP) is 1.16. The lowest BCUT2D eigenvalue weighted by molar-refractivity contribution is 0.881. The molecule has 0 bridgehead atoms. The predicted molar refractivity (Wildman–Crippen MR) is 79.0 cm³/mol. The number of pyridine rings is 1. The maximum absolute atomic E-state index is 12.4. The minimum atomic E-state index is -0.237. The molecule has 100 valence electrons. The van der Waals surface area contributed by atoms with Gasteiger partial charge in [-0.25, -0.2) is 4.98 Å². The minimum absolute atomic E-state index is 0.0577. The van der Waals surface area contributed by atoms with Gasteiger partial charge in [0, 0.05) is 7.05 Å². The summed E-state index contributed by atoms with van der Waals surface area (Å²) in [5.74, 6) is 0.162. The number of aromatic nitrogens is 3. The molecular formula is C14H13N5O. The van der Waals surface area contributed by atoms with Crippen molar-refractivity contribution in [3.05, 3.63) is 46.8 Å². The van der Waals surface area contributed by atoms with Crippen molar-refractivity contribution in [2.75, 3.05) is 11.5 Å². The van der Waals surface area contributed by atoms with E-state index in [0.29, 0.717) is 10.9 Å². The minimum Gasteiger partial charge on any atom is -0.383 e. The Morgan fingerprint density at radius 1 is 1.10 bits per heavy atom. The largest absolute Gasteiger partial charge is 0.383 e. The van der Waals surface area contributed by atoms with Gasteiger partial charge in [-0.2, -0.15) is 4.98 Å². The zero-order chi connectivity index (χ0) is 14.3. The fraction of sp³-hybridized carbons (Fsp3) is 0.0714. The Hall–Kier alpha value is -2.89. The Labute approximate surface area is 114 Å². The molecule has 0 aliphatic carbocycles. The molecule has 0 saturated carbocycles. The summed E-state index contributed by atoms with van der Waals surface area (Å²) >= 11 is 0. The monoisotopic (exact) mass is 267 g/mol. The van der Waals surface area contributed by atoms with Crippen LogP contribution in [-0.4, -0.2) is 14.5 Å². The molecule has 0 unspecified atom stereocenters. The molecule has 20 heavy (non-hydrogen) atoms. The van der Waals surface area contributed by atoms with Crippen molar-refractivity contribution in [3.63, 3.8) is 0 Å². The van der Waals surface area contributed by atoms with E-state index in [9.17, 15) is 4.79 Å². The molecule has 0 spiro atoms. The van der Waals surface area contributed by atoms with Gasteiger partial charge in [0.15, 0.2) is 0 Å². The van der Waals surface area contributed by atoms with Gasteiger partial charge in [0.05, 0.1) is 11.2 Å². The van der Waals surface area contributed by atoms with Crippen LogP contribution in [0.5, 0.6) is 0 Å². The number of benzene rings is 1. The van der Waals surface area contributed by atoms with Gasteiger partial charge in [0.25, 0.3) is 5.56 Å². The van der Waals surface area contributed by atoms with Gasteiger partial charge >= 0.3 is 0 Å². The molecule has 0 aliphatic rings. The standard InChI is InChI=1S/C14H13N5O/c1-19-10(8-5-3-2-4-6-8)7-9-11(13(19)20)12(15)18-14(16)17-9/h2-7H,1H3,(H4,15,16,17,18). The second kappa shape index (κ2) is 4.34. The molecule has 6 nitrogen and oxygen atoms in total. The van der Waals surface area contributed by atoms with Crippen molar-refractivity contribution in [1.29, 1.82) is 0 Å². The molecule has 4 N–H and O–H groups in total. The van der Waals surface area contributed by atoms with E-state index in [2.05, 4.69) is 9.97 Å². The van der Waals surface area contributed by atoms with Crippen molar-refractivity contribution in [3.8, 4) is 11.3 Å². The highest BCUT2D eigenvalue weighted by Gasteiger charge is 2.13. The van der Waals surface area contributed by atoms with Gasteiger partial charge in [0.2, 0.25) is 5.95 Å². The fourth-order valence-electron chi connectivity index (χ4n) is 2.23. The Kier molecular flexibility index (Phi) is 2.64. The molecule has 0 atom stereocenters. The Morgan fingerprint density at radius 3 is 2.50 bits per heavy atom. The van der Waals surface area contributed by atoms with Gasteiger partial charge in [-0.1, -0.05) is 30.3 Å². The van der Waals surface area contributed by atoms with E-state index in [1.165, 1.54) is 4.57 Å². The number of fused-ring (bicyclic) bond motifs is 1. The van der Waals surface area contributed by atoms with Gasteiger partial charge in [-0.15, -0.1) is 0 Å². The maximum Gasteiger partial charge on any atom is 0.263 e. The van der Waals surface area contributed by atoms with Gasteiger partial charge in [-0.3, -0.25) is 4.79 Å². The molecular weight excluding hydrogens is 254 g/mol. The van der Waals surface area contributed by atoms with Crippen LogP contribution in [0.3, 0.4) is 0 Å². The summed E-state index contributed by atoms with van der Waals surface area (Å²) in [4.78, 5) is 20.4. The molecule has 0 aliphatic heterocycles. The number of hydrogen-bond donors (Lipinski definition) is 2. The third-order valence-corrected chi connectivity index (χ3v) is 3.21. The summed E-state index contributed by atoms with van der Waals surface area (Å²) in [6.07, 6.45) is 0.